The van der Waals surface area contributed by atoms with Crippen molar-refractivity contribution >= 4 is 17.3 Å². The Morgan fingerprint density at radius 3 is 2.55 bits per heavy atom. The predicted molar refractivity (Wildman–Crippen MR) is 70.1 cm³/mol. The van der Waals surface area contributed by atoms with Gasteiger partial charge in [0, 0.05) is 12.1 Å². The number of nitrogens with one attached hydrogen (secondary N) is 1. The van der Waals surface area contributed by atoms with Gasteiger partial charge in [0.15, 0.2) is 0 Å². The van der Waals surface area contributed by atoms with Gasteiger partial charge in [-0.3, -0.25) is 10.1 Å². The number of carbonyl (C=O) groups is 1. The Morgan fingerprint density at radius 2 is 2.00 bits per heavy atom. The molecule has 7 heteroatoms. The molecule has 6 nitrogen and oxygen atoms in total. The standard InChI is InChI=1S/C13H15FN2O4/c14-9-4-5-11(16(19)20)10(8-9)15-13(12(17)18)6-2-1-3-7-13/h4-5,8,15H,1-3,6-7H2,(H,17,18). The summed E-state index contributed by atoms with van der Waals surface area (Å²) in [7, 11) is 0. The Bertz CT molecular complexity index is 541. The number of rotatable bonds is 4. The fourth-order valence-corrected chi connectivity index (χ4v) is 2.57. The van der Waals surface area contributed by atoms with Crippen molar-refractivity contribution in [3.63, 3.8) is 0 Å². The number of carboxylic acids is 1. The molecule has 0 radical (unpaired) electrons. The average molecular weight is 282 g/mol. The maximum Gasteiger partial charge on any atom is 0.329 e. The highest BCUT2D eigenvalue weighted by molar-refractivity contribution is 5.84. The van der Waals surface area contributed by atoms with Gasteiger partial charge in [-0.05, 0) is 18.9 Å². The first-order chi connectivity index (χ1) is 9.44. The molecule has 1 fully saturated rings. The molecule has 1 aliphatic carbocycles. The highest BCUT2D eigenvalue weighted by Crippen LogP contribution is 2.35. The van der Waals surface area contributed by atoms with Gasteiger partial charge in [0.25, 0.3) is 5.69 Å². The van der Waals surface area contributed by atoms with Crippen molar-refractivity contribution in [1.82, 2.24) is 0 Å². The van der Waals surface area contributed by atoms with Crippen molar-refractivity contribution in [2.75, 3.05) is 5.32 Å². The van der Waals surface area contributed by atoms with Crippen LogP contribution in [0.3, 0.4) is 0 Å². The summed E-state index contributed by atoms with van der Waals surface area (Å²) in [6, 6.07) is 2.99. The molecule has 0 aromatic heterocycles. The van der Waals surface area contributed by atoms with Crippen molar-refractivity contribution in [2.45, 2.75) is 37.6 Å². The molecule has 0 aliphatic heterocycles. The zero-order valence-corrected chi connectivity index (χ0v) is 10.8. The minimum Gasteiger partial charge on any atom is -0.480 e. The van der Waals surface area contributed by atoms with E-state index in [-0.39, 0.29) is 11.4 Å². The van der Waals surface area contributed by atoms with E-state index in [0.717, 1.165) is 37.5 Å². The molecule has 1 saturated carbocycles. The van der Waals surface area contributed by atoms with Gasteiger partial charge in [-0.25, -0.2) is 9.18 Å². The van der Waals surface area contributed by atoms with Crippen LogP contribution in [-0.4, -0.2) is 21.5 Å². The second-order valence-corrected chi connectivity index (χ2v) is 4.99. The van der Waals surface area contributed by atoms with Crippen molar-refractivity contribution in [3.8, 4) is 0 Å². The molecule has 1 aromatic carbocycles. The van der Waals surface area contributed by atoms with Crippen LogP contribution in [0.15, 0.2) is 18.2 Å². The van der Waals surface area contributed by atoms with Crippen LogP contribution in [-0.2, 0) is 4.79 Å². The number of nitro groups is 1. The molecule has 2 N–H and O–H groups in total. The molecule has 108 valence electrons. The Morgan fingerprint density at radius 1 is 1.35 bits per heavy atom. The summed E-state index contributed by atoms with van der Waals surface area (Å²) in [6.45, 7) is 0. The van der Waals surface area contributed by atoms with Crippen LogP contribution in [0.25, 0.3) is 0 Å². The van der Waals surface area contributed by atoms with Crippen LogP contribution < -0.4 is 5.32 Å². The first-order valence-corrected chi connectivity index (χ1v) is 6.40. The van der Waals surface area contributed by atoms with Gasteiger partial charge in [-0.15, -0.1) is 0 Å². The fourth-order valence-electron chi connectivity index (χ4n) is 2.57. The highest BCUT2D eigenvalue weighted by Gasteiger charge is 2.40. The summed E-state index contributed by atoms with van der Waals surface area (Å²) >= 11 is 0. The molecular formula is C13H15FN2O4. The van der Waals surface area contributed by atoms with E-state index in [1.54, 1.807) is 0 Å². The number of carboxylic acid groups (broad SMARTS) is 1. The van der Waals surface area contributed by atoms with E-state index in [0.29, 0.717) is 12.8 Å². The molecule has 0 amide bonds. The van der Waals surface area contributed by atoms with Crippen LogP contribution in [0, 0.1) is 15.9 Å². The third-order valence-corrected chi connectivity index (χ3v) is 3.65. The maximum absolute atomic E-state index is 13.3. The lowest BCUT2D eigenvalue weighted by molar-refractivity contribution is -0.384. The molecule has 20 heavy (non-hydrogen) atoms. The van der Waals surface area contributed by atoms with Gasteiger partial charge in [0.2, 0.25) is 0 Å². The topological polar surface area (TPSA) is 92.5 Å². The average Bonchev–Trinajstić information content (AvgIpc) is 2.39. The summed E-state index contributed by atoms with van der Waals surface area (Å²) in [5.74, 6) is -1.70. The molecule has 0 heterocycles. The monoisotopic (exact) mass is 282 g/mol. The van der Waals surface area contributed by atoms with Crippen LogP contribution in [0.5, 0.6) is 0 Å². The lowest BCUT2D eigenvalue weighted by Gasteiger charge is -2.34. The number of halogens is 1. The Labute approximate surface area is 114 Å². The number of nitro benzene ring substituents is 1. The van der Waals surface area contributed by atoms with Gasteiger partial charge in [0.1, 0.15) is 17.0 Å². The predicted octanol–water partition coefficient (Wildman–Crippen LogP) is 2.93. The van der Waals surface area contributed by atoms with E-state index in [2.05, 4.69) is 5.32 Å². The van der Waals surface area contributed by atoms with Gasteiger partial charge < -0.3 is 10.4 Å². The lowest BCUT2D eigenvalue weighted by Crippen LogP contribution is -2.48. The number of hydrogen-bond donors (Lipinski definition) is 2. The number of anilines is 1. The smallest absolute Gasteiger partial charge is 0.329 e. The van der Waals surface area contributed by atoms with Gasteiger partial charge in [0.05, 0.1) is 4.92 Å². The van der Waals surface area contributed by atoms with Crippen LogP contribution in [0.4, 0.5) is 15.8 Å². The first-order valence-electron chi connectivity index (χ1n) is 6.40. The van der Waals surface area contributed by atoms with Crippen LogP contribution >= 0.6 is 0 Å². The summed E-state index contributed by atoms with van der Waals surface area (Å²) < 4.78 is 13.3. The molecule has 1 aliphatic rings. The van der Waals surface area contributed by atoms with Gasteiger partial charge >= 0.3 is 5.97 Å². The Hall–Kier alpha value is -2.18. The summed E-state index contributed by atoms with van der Waals surface area (Å²) in [5.41, 5.74) is -1.66. The van der Waals surface area contributed by atoms with Crippen molar-refractivity contribution in [3.05, 3.63) is 34.1 Å². The Balaban J connectivity index is 2.38. The second kappa shape index (κ2) is 5.44. The third-order valence-electron chi connectivity index (χ3n) is 3.65. The van der Waals surface area contributed by atoms with E-state index in [4.69, 9.17) is 0 Å². The minimum absolute atomic E-state index is 0.0840. The van der Waals surface area contributed by atoms with Crippen molar-refractivity contribution in [1.29, 1.82) is 0 Å². The zero-order valence-electron chi connectivity index (χ0n) is 10.8. The van der Waals surface area contributed by atoms with E-state index in [1.807, 2.05) is 0 Å². The SMILES string of the molecule is O=C(O)C1(Nc2cc(F)ccc2[N+](=O)[O-])CCCCC1. The van der Waals surface area contributed by atoms with Crippen LogP contribution in [0.1, 0.15) is 32.1 Å². The van der Waals surface area contributed by atoms with E-state index in [1.165, 1.54) is 0 Å². The summed E-state index contributed by atoms with van der Waals surface area (Å²) in [6.07, 6.45) is 3.12. The summed E-state index contributed by atoms with van der Waals surface area (Å²) in [4.78, 5) is 21.8. The normalized spacial score (nSPS) is 17.4. The van der Waals surface area contributed by atoms with E-state index in [9.17, 15) is 24.4 Å². The highest BCUT2D eigenvalue weighted by atomic mass is 19.1. The molecule has 1 aromatic rings. The van der Waals surface area contributed by atoms with Crippen molar-refractivity contribution < 1.29 is 19.2 Å². The molecule has 0 saturated heterocycles. The molecule has 0 spiro atoms. The zero-order chi connectivity index (χ0) is 14.8. The van der Waals surface area contributed by atoms with E-state index >= 15 is 0 Å². The molecular weight excluding hydrogens is 267 g/mol. The first kappa shape index (κ1) is 14.2. The van der Waals surface area contributed by atoms with Crippen molar-refractivity contribution in [2.24, 2.45) is 0 Å². The van der Waals surface area contributed by atoms with Crippen LogP contribution in [0.2, 0.25) is 0 Å². The molecule has 0 bridgehead atoms. The quantitative estimate of drug-likeness (QED) is 0.654. The number of nitrogens with zero attached hydrogens (tertiary/aromatic N) is 1. The number of benzene rings is 1. The van der Waals surface area contributed by atoms with E-state index < -0.39 is 22.2 Å². The molecule has 0 atom stereocenters. The largest absolute Gasteiger partial charge is 0.480 e. The molecule has 0 unspecified atom stereocenters. The third kappa shape index (κ3) is 2.71. The fraction of sp³-hybridized carbons (Fsp3) is 0.462. The van der Waals surface area contributed by atoms with Gasteiger partial charge in [-0.1, -0.05) is 19.3 Å². The minimum atomic E-state index is -1.25. The number of hydrogen-bond acceptors (Lipinski definition) is 4. The molecule has 2 rings (SSSR count). The number of aliphatic carboxylic acids is 1. The van der Waals surface area contributed by atoms with Gasteiger partial charge in [-0.2, -0.15) is 0 Å². The lowest BCUT2D eigenvalue weighted by atomic mass is 9.81. The Kier molecular flexibility index (Phi) is 3.87. The maximum atomic E-state index is 13.3. The second-order valence-electron chi connectivity index (χ2n) is 4.99. The summed E-state index contributed by atoms with van der Waals surface area (Å²) in [5, 5.41) is 23.1.